The summed E-state index contributed by atoms with van der Waals surface area (Å²) in [7, 11) is 2.16. The first kappa shape index (κ1) is 11.7. The van der Waals surface area contributed by atoms with Gasteiger partial charge in [0.05, 0.1) is 5.88 Å². The van der Waals surface area contributed by atoms with Crippen molar-refractivity contribution >= 4 is 17.3 Å². The lowest BCUT2D eigenvalue weighted by molar-refractivity contribution is 0.607. The summed E-state index contributed by atoms with van der Waals surface area (Å²) in [6, 6.07) is 2.74. The molecular weight excluding hydrogens is 220 g/mol. The fourth-order valence-electron chi connectivity index (χ4n) is 2.12. The van der Waals surface area contributed by atoms with E-state index in [1.54, 1.807) is 0 Å². The predicted molar refractivity (Wildman–Crippen MR) is 69.1 cm³/mol. The monoisotopic (exact) mass is 238 g/mol. The summed E-state index contributed by atoms with van der Waals surface area (Å²) in [5, 5.41) is 0. The highest BCUT2D eigenvalue weighted by Crippen LogP contribution is 2.37. The summed E-state index contributed by atoms with van der Waals surface area (Å²) in [6.45, 7) is 4.32. The summed E-state index contributed by atoms with van der Waals surface area (Å²) in [5.74, 6) is 1.39. The molecule has 1 atom stereocenters. The molecule has 1 aliphatic carbocycles. The fraction of sp³-hybridized carbons (Fsp3) is 0.615. The Morgan fingerprint density at radius 1 is 1.56 bits per heavy atom. The minimum Gasteiger partial charge on any atom is -0.371 e. The third kappa shape index (κ3) is 2.32. The molecule has 1 saturated carbocycles. The molecule has 88 valence electrons. The lowest BCUT2D eigenvalue weighted by Crippen LogP contribution is -2.31. The Morgan fingerprint density at radius 2 is 2.25 bits per heavy atom. The Labute approximate surface area is 103 Å². The van der Waals surface area contributed by atoms with Crippen molar-refractivity contribution in [2.24, 2.45) is 5.92 Å². The second kappa shape index (κ2) is 4.62. The van der Waals surface area contributed by atoms with Gasteiger partial charge in [-0.3, -0.25) is 4.98 Å². The van der Waals surface area contributed by atoms with Gasteiger partial charge < -0.3 is 4.90 Å². The highest BCUT2D eigenvalue weighted by molar-refractivity contribution is 6.17. The van der Waals surface area contributed by atoms with Gasteiger partial charge in [-0.25, -0.2) is 0 Å². The quantitative estimate of drug-likeness (QED) is 0.748. The third-order valence-electron chi connectivity index (χ3n) is 3.54. The van der Waals surface area contributed by atoms with Crippen LogP contribution in [0.1, 0.15) is 31.0 Å². The molecule has 1 fully saturated rings. The fourth-order valence-corrected chi connectivity index (χ4v) is 2.33. The number of halogens is 1. The maximum atomic E-state index is 5.96. The van der Waals surface area contributed by atoms with Gasteiger partial charge in [0.25, 0.3) is 0 Å². The average Bonchev–Trinajstić information content (AvgIpc) is 3.11. The van der Waals surface area contributed by atoms with Gasteiger partial charge in [-0.1, -0.05) is 0 Å². The molecule has 3 heteroatoms. The SMILES string of the molecule is Cc1cc(N(C)C(C)C2CC2)c(CCl)cn1. The van der Waals surface area contributed by atoms with E-state index in [0.717, 1.165) is 17.2 Å². The van der Waals surface area contributed by atoms with Gasteiger partial charge in [0.2, 0.25) is 0 Å². The van der Waals surface area contributed by atoms with Crippen LogP contribution < -0.4 is 4.90 Å². The minimum absolute atomic E-state index is 0.532. The molecule has 0 saturated heterocycles. The molecule has 0 bridgehead atoms. The van der Waals surface area contributed by atoms with Crippen LogP contribution in [0.5, 0.6) is 0 Å². The van der Waals surface area contributed by atoms with Crippen LogP contribution in [-0.2, 0) is 5.88 Å². The van der Waals surface area contributed by atoms with Crippen molar-refractivity contribution in [1.82, 2.24) is 4.98 Å². The van der Waals surface area contributed by atoms with Crippen LogP contribution in [0, 0.1) is 12.8 Å². The number of anilines is 1. The molecule has 1 aromatic rings. The third-order valence-corrected chi connectivity index (χ3v) is 3.83. The molecule has 0 aliphatic heterocycles. The Bertz CT molecular complexity index is 374. The molecule has 16 heavy (non-hydrogen) atoms. The van der Waals surface area contributed by atoms with Gasteiger partial charge in [0.15, 0.2) is 0 Å². The van der Waals surface area contributed by atoms with E-state index < -0.39 is 0 Å². The molecule has 0 N–H and O–H groups in total. The van der Waals surface area contributed by atoms with Gasteiger partial charge in [-0.05, 0) is 38.7 Å². The number of hydrogen-bond donors (Lipinski definition) is 0. The first-order chi connectivity index (χ1) is 7.63. The zero-order chi connectivity index (χ0) is 11.7. The zero-order valence-electron chi connectivity index (χ0n) is 10.2. The van der Waals surface area contributed by atoms with E-state index in [1.807, 2.05) is 13.1 Å². The van der Waals surface area contributed by atoms with Gasteiger partial charge in [-0.2, -0.15) is 0 Å². The molecule has 1 unspecified atom stereocenters. The van der Waals surface area contributed by atoms with Crippen LogP contribution in [0.3, 0.4) is 0 Å². The number of alkyl halides is 1. The number of pyridine rings is 1. The second-order valence-corrected chi connectivity index (χ2v) is 5.04. The number of rotatable bonds is 4. The molecule has 2 rings (SSSR count). The van der Waals surface area contributed by atoms with Crippen LogP contribution in [0.25, 0.3) is 0 Å². The number of aryl methyl sites for hydroxylation is 1. The van der Waals surface area contributed by atoms with Crippen LogP contribution in [0.2, 0.25) is 0 Å². The predicted octanol–water partition coefficient (Wildman–Crippen LogP) is 3.36. The summed E-state index contributed by atoms with van der Waals surface area (Å²) < 4.78 is 0. The van der Waals surface area contributed by atoms with E-state index in [1.165, 1.54) is 18.5 Å². The van der Waals surface area contributed by atoms with Crippen molar-refractivity contribution in [3.8, 4) is 0 Å². The first-order valence-corrected chi connectivity index (χ1v) is 6.41. The number of hydrogen-bond acceptors (Lipinski definition) is 2. The topological polar surface area (TPSA) is 16.1 Å². The zero-order valence-corrected chi connectivity index (χ0v) is 11.0. The van der Waals surface area contributed by atoms with Gasteiger partial charge in [-0.15, -0.1) is 11.6 Å². The van der Waals surface area contributed by atoms with Crippen molar-refractivity contribution in [2.45, 2.75) is 38.6 Å². The summed E-state index contributed by atoms with van der Waals surface area (Å²) in [5.41, 5.74) is 3.42. The Kier molecular flexibility index (Phi) is 3.38. The lowest BCUT2D eigenvalue weighted by atomic mass is 10.1. The summed E-state index contributed by atoms with van der Waals surface area (Å²) in [6.07, 6.45) is 4.63. The largest absolute Gasteiger partial charge is 0.371 e. The lowest BCUT2D eigenvalue weighted by Gasteiger charge is -2.29. The van der Waals surface area contributed by atoms with Crippen LogP contribution in [0.4, 0.5) is 5.69 Å². The Morgan fingerprint density at radius 3 is 2.81 bits per heavy atom. The molecule has 0 aromatic carbocycles. The summed E-state index contributed by atoms with van der Waals surface area (Å²) >= 11 is 5.96. The highest BCUT2D eigenvalue weighted by Gasteiger charge is 2.31. The van der Waals surface area contributed by atoms with E-state index in [2.05, 4.69) is 29.9 Å². The molecule has 2 nitrogen and oxygen atoms in total. The molecule has 0 radical (unpaired) electrons. The molecule has 1 aromatic heterocycles. The second-order valence-electron chi connectivity index (χ2n) is 4.78. The number of aromatic nitrogens is 1. The van der Waals surface area contributed by atoms with Gasteiger partial charge >= 0.3 is 0 Å². The van der Waals surface area contributed by atoms with E-state index >= 15 is 0 Å². The molecule has 0 amide bonds. The van der Waals surface area contributed by atoms with Crippen LogP contribution in [-0.4, -0.2) is 18.1 Å². The minimum atomic E-state index is 0.532. The Balaban J connectivity index is 2.26. The first-order valence-electron chi connectivity index (χ1n) is 5.87. The molecule has 1 heterocycles. The maximum Gasteiger partial charge on any atom is 0.0509 e. The van der Waals surface area contributed by atoms with E-state index in [-0.39, 0.29) is 0 Å². The number of nitrogens with zero attached hydrogens (tertiary/aromatic N) is 2. The maximum absolute atomic E-state index is 5.96. The molecule has 1 aliphatic rings. The van der Waals surface area contributed by atoms with Gasteiger partial charge in [0.1, 0.15) is 0 Å². The van der Waals surface area contributed by atoms with Crippen molar-refractivity contribution in [1.29, 1.82) is 0 Å². The van der Waals surface area contributed by atoms with Gasteiger partial charge in [0, 0.05) is 36.2 Å². The smallest absolute Gasteiger partial charge is 0.0509 e. The highest BCUT2D eigenvalue weighted by atomic mass is 35.5. The molecular formula is C13H19ClN2. The molecule has 0 spiro atoms. The van der Waals surface area contributed by atoms with Crippen LogP contribution >= 0.6 is 11.6 Å². The van der Waals surface area contributed by atoms with E-state index in [0.29, 0.717) is 11.9 Å². The van der Waals surface area contributed by atoms with E-state index in [4.69, 9.17) is 11.6 Å². The van der Waals surface area contributed by atoms with Crippen molar-refractivity contribution < 1.29 is 0 Å². The van der Waals surface area contributed by atoms with Crippen molar-refractivity contribution in [3.05, 3.63) is 23.5 Å². The Hall–Kier alpha value is -0.760. The summed E-state index contributed by atoms with van der Waals surface area (Å²) in [4.78, 5) is 6.65. The van der Waals surface area contributed by atoms with E-state index in [9.17, 15) is 0 Å². The standard InChI is InChI=1S/C13H19ClN2/c1-9-6-13(12(7-14)8-15-9)16(3)10(2)11-4-5-11/h6,8,10-11H,4-5,7H2,1-3H3. The van der Waals surface area contributed by atoms with Crippen LogP contribution in [0.15, 0.2) is 12.3 Å². The normalized spacial score (nSPS) is 17.2. The van der Waals surface area contributed by atoms with Crippen molar-refractivity contribution in [2.75, 3.05) is 11.9 Å². The average molecular weight is 239 g/mol. The van der Waals surface area contributed by atoms with Crippen molar-refractivity contribution in [3.63, 3.8) is 0 Å².